The SMILES string of the molecule is Clc1ccc(Sc2ccc(Cl)c(Cl)c2Cl)c(Cl)c1Cl. The van der Waals surface area contributed by atoms with Gasteiger partial charge in [0.2, 0.25) is 0 Å². The molecule has 0 aliphatic carbocycles. The van der Waals surface area contributed by atoms with Crippen molar-refractivity contribution in [1.82, 2.24) is 0 Å². The number of rotatable bonds is 2. The molecule has 0 aliphatic rings. The second-order valence-electron chi connectivity index (χ2n) is 3.45. The van der Waals surface area contributed by atoms with Crippen molar-refractivity contribution in [3.8, 4) is 0 Å². The van der Waals surface area contributed by atoms with Gasteiger partial charge in [0.15, 0.2) is 0 Å². The van der Waals surface area contributed by atoms with Gasteiger partial charge in [0.25, 0.3) is 0 Å². The Hall–Kier alpha value is 0.530. The lowest BCUT2D eigenvalue weighted by atomic mass is 10.3. The zero-order valence-electron chi connectivity index (χ0n) is 8.99. The van der Waals surface area contributed by atoms with Crippen molar-refractivity contribution in [3.05, 3.63) is 54.4 Å². The van der Waals surface area contributed by atoms with Crippen LogP contribution in [0.25, 0.3) is 0 Å². The molecule has 2 aromatic rings. The van der Waals surface area contributed by atoms with Crippen LogP contribution >= 0.6 is 81.4 Å². The van der Waals surface area contributed by atoms with E-state index in [9.17, 15) is 0 Å². The van der Waals surface area contributed by atoms with Gasteiger partial charge in [-0.05, 0) is 24.3 Å². The zero-order valence-corrected chi connectivity index (χ0v) is 14.3. The quantitative estimate of drug-likeness (QED) is 0.470. The minimum absolute atomic E-state index is 0.310. The summed E-state index contributed by atoms with van der Waals surface area (Å²) in [4.78, 5) is 1.47. The van der Waals surface area contributed by atoms with Crippen LogP contribution in [0.2, 0.25) is 30.1 Å². The zero-order chi connectivity index (χ0) is 14.2. The maximum atomic E-state index is 6.13. The molecular weight excluding hydrogens is 389 g/mol. The van der Waals surface area contributed by atoms with Crippen LogP contribution in [0.1, 0.15) is 0 Å². The standard InChI is InChI=1S/C12H4Cl6S/c13-5-1-3-7(11(17)9(5)15)19-8-4-2-6(14)10(16)12(8)18/h1-4H. The highest BCUT2D eigenvalue weighted by Gasteiger charge is 2.14. The number of halogens is 6. The summed E-state index contributed by atoms with van der Waals surface area (Å²) in [7, 11) is 0. The van der Waals surface area contributed by atoms with Crippen molar-refractivity contribution in [2.45, 2.75) is 9.79 Å². The van der Waals surface area contributed by atoms with E-state index >= 15 is 0 Å². The molecule has 0 unspecified atom stereocenters. The lowest BCUT2D eigenvalue weighted by Crippen LogP contribution is -1.81. The Morgan fingerprint density at radius 3 is 1.26 bits per heavy atom. The van der Waals surface area contributed by atoms with Crippen molar-refractivity contribution >= 4 is 81.4 Å². The van der Waals surface area contributed by atoms with Gasteiger partial charge in [-0.2, -0.15) is 0 Å². The van der Waals surface area contributed by atoms with Crippen LogP contribution in [0, 0.1) is 0 Å². The average molecular weight is 393 g/mol. The molecule has 7 heteroatoms. The summed E-state index contributed by atoms with van der Waals surface area (Å²) in [6.45, 7) is 0. The smallest absolute Gasteiger partial charge is 0.0790 e. The van der Waals surface area contributed by atoms with Gasteiger partial charge < -0.3 is 0 Å². The van der Waals surface area contributed by atoms with E-state index in [0.29, 0.717) is 30.1 Å². The van der Waals surface area contributed by atoms with Crippen LogP contribution in [0.3, 0.4) is 0 Å². The molecule has 0 fully saturated rings. The molecule has 0 N–H and O–H groups in total. The second-order valence-corrected chi connectivity index (χ2v) is 6.86. The topological polar surface area (TPSA) is 0 Å². The van der Waals surface area contributed by atoms with Gasteiger partial charge in [0, 0.05) is 9.79 Å². The third-order valence-corrected chi connectivity index (χ3v) is 6.15. The fourth-order valence-electron chi connectivity index (χ4n) is 1.29. The van der Waals surface area contributed by atoms with E-state index in [1.807, 2.05) is 0 Å². The summed E-state index contributed by atoms with van der Waals surface area (Å²) in [5.74, 6) is 0. The molecule has 2 rings (SSSR count). The van der Waals surface area contributed by atoms with E-state index in [0.717, 1.165) is 9.79 Å². The molecular formula is C12H4Cl6S. The van der Waals surface area contributed by atoms with E-state index in [1.54, 1.807) is 24.3 Å². The Balaban J connectivity index is 2.43. The van der Waals surface area contributed by atoms with Gasteiger partial charge in [-0.3, -0.25) is 0 Å². The second kappa shape index (κ2) is 6.53. The van der Waals surface area contributed by atoms with Gasteiger partial charge >= 0.3 is 0 Å². The first-order valence-electron chi connectivity index (χ1n) is 4.86. The predicted molar refractivity (Wildman–Crippen MR) is 87.1 cm³/mol. The van der Waals surface area contributed by atoms with E-state index in [1.165, 1.54) is 11.8 Å². The van der Waals surface area contributed by atoms with Crippen molar-refractivity contribution in [2.24, 2.45) is 0 Å². The Morgan fingerprint density at radius 2 is 0.895 bits per heavy atom. The number of hydrogen-bond donors (Lipinski definition) is 0. The lowest BCUT2D eigenvalue weighted by molar-refractivity contribution is 1.40. The van der Waals surface area contributed by atoms with E-state index < -0.39 is 0 Å². The molecule has 0 spiro atoms. The minimum atomic E-state index is 0.310. The first-order chi connectivity index (χ1) is 8.91. The lowest BCUT2D eigenvalue weighted by Gasteiger charge is -2.09. The Labute approximate surface area is 144 Å². The number of hydrogen-bond acceptors (Lipinski definition) is 1. The molecule has 0 amide bonds. The molecule has 2 aromatic carbocycles. The molecule has 19 heavy (non-hydrogen) atoms. The molecule has 0 saturated heterocycles. The molecule has 0 heterocycles. The van der Waals surface area contributed by atoms with E-state index in [4.69, 9.17) is 69.6 Å². The van der Waals surface area contributed by atoms with Crippen LogP contribution in [-0.2, 0) is 0 Å². The first-order valence-corrected chi connectivity index (χ1v) is 7.95. The summed E-state index contributed by atoms with van der Waals surface area (Å²) < 4.78 is 0. The molecule has 0 saturated carbocycles. The van der Waals surface area contributed by atoms with Crippen molar-refractivity contribution in [2.75, 3.05) is 0 Å². The third kappa shape index (κ3) is 3.41. The van der Waals surface area contributed by atoms with Crippen LogP contribution in [-0.4, -0.2) is 0 Å². The van der Waals surface area contributed by atoms with Crippen molar-refractivity contribution in [3.63, 3.8) is 0 Å². The molecule has 0 atom stereocenters. The van der Waals surface area contributed by atoms with Crippen molar-refractivity contribution < 1.29 is 0 Å². The maximum absolute atomic E-state index is 6.13. The Morgan fingerprint density at radius 1 is 0.526 bits per heavy atom. The predicted octanol–water partition coefficient (Wildman–Crippen LogP) is 7.76. The molecule has 0 bridgehead atoms. The summed E-state index contributed by atoms with van der Waals surface area (Å²) in [6, 6.07) is 6.87. The highest BCUT2D eigenvalue weighted by Crippen LogP contribution is 2.44. The Bertz CT molecular complexity index is 585. The third-order valence-electron chi connectivity index (χ3n) is 2.22. The summed E-state index contributed by atoms with van der Waals surface area (Å²) in [5.41, 5.74) is 0. The van der Waals surface area contributed by atoms with Gasteiger partial charge in [-0.1, -0.05) is 81.4 Å². The molecule has 0 nitrogen and oxygen atoms in total. The largest absolute Gasteiger partial charge is 0.0869 e. The van der Waals surface area contributed by atoms with Crippen LogP contribution < -0.4 is 0 Å². The average Bonchev–Trinajstić information content (AvgIpc) is 2.39. The minimum Gasteiger partial charge on any atom is -0.0869 e. The van der Waals surface area contributed by atoms with Gasteiger partial charge in [0.1, 0.15) is 0 Å². The fourth-order valence-corrected chi connectivity index (χ4v) is 3.60. The van der Waals surface area contributed by atoms with Gasteiger partial charge in [-0.25, -0.2) is 0 Å². The van der Waals surface area contributed by atoms with Crippen LogP contribution in [0.5, 0.6) is 0 Å². The summed E-state index contributed by atoms with van der Waals surface area (Å²) >= 11 is 37.3. The van der Waals surface area contributed by atoms with Gasteiger partial charge in [0.05, 0.1) is 30.1 Å². The molecule has 100 valence electrons. The molecule has 0 radical (unpaired) electrons. The van der Waals surface area contributed by atoms with E-state index in [-0.39, 0.29) is 0 Å². The normalized spacial score (nSPS) is 10.8. The Kier molecular flexibility index (Phi) is 5.47. The van der Waals surface area contributed by atoms with Crippen LogP contribution in [0.15, 0.2) is 34.1 Å². The summed E-state index contributed by atoms with van der Waals surface area (Å²) in [5, 5.41) is 2.17. The van der Waals surface area contributed by atoms with Crippen LogP contribution in [0.4, 0.5) is 0 Å². The monoisotopic (exact) mass is 390 g/mol. The maximum Gasteiger partial charge on any atom is 0.0790 e. The number of benzene rings is 2. The molecule has 0 aromatic heterocycles. The van der Waals surface area contributed by atoms with Crippen molar-refractivity contribution in [1.29, 1.82) is 0 Å². The highest BCUT2D eigenvalue weighted by molar-refractivity contribution is 7.99. The highest BCUT2D eigenvalue weighted by atomic mass is 35.5. The molecule has 0 aliphatic heterocycles. The summed E-state index contributed by atoms with van der Waals surface area (Å²) in [6.07, 6.45) is 0. The first kappa shape index (κ1) is 15.9. The van der Waals surface area contributed by atoms with Gasteiger partial charge in [-0.15, -0.1) is 0 Å². The fraction of sp³-hybridized carbons (Fsp3) is 0. The van der Waals surface area contributed by atoms with E-state index in [2.05, 4.69) is 0 Å².